The maximum absolute atomic E-state index is 14.4. The largest absolute Gasteiger partial charge is 0.477 e. The third-order valence-corrected chi connectivity index (χ3v) is 14.2. The zero-order valence-corrected chi connectivity index (χ0v) is 38.2. The number of aromatic nitrogens is 2. The smallest absolute Gasteiger partial charge is 0.407 e. The van der Waals surface area contributed by atoms with E-state index in [0.717, 1.165) is 21.9 Å². The number of benzene rings is 3. The molecule has 1 fully saturated rings. The van der Waals surface area contributed by atoms with Gasteiger partial charge in [0, 0.05) is 56.5 Å². The number of carboxylic acids is 1. The van der Waals surface area contributed by atoms with Crippen LogP contribution in [0.4, 0.5) is 9.93 Å². The maximum Gasteiger partial charge on any atom is 0.407 e. The van der Waals surface area contributed by atoms with Gasteiger partial charge in [0.05, 0.1) is 5.69 Å². The number of halogens is 1. The topological polar surface area (TPSA) is 198 Å². The first-order chi connectivity index (χ1) is 30.3. The lowest BCUT2D eigenvalue weighted by molar-refractivity contribution is -0.150. The van der Waals surface area contributed by atoms with E-state index >= 15 is 0 Å². The van der Waals surface area contributed by atoms with Crippen molar-refractivity contribution < 1.29 is 33.9 Å². The molecule has 2 aromatic heterocycles. The number of ether oxygens (including phenoxy) is 1. The highest BCUT2D eigenvalue weighted by molar-refractivity contribution is 8.06. The molecule has 2 aliphatic heterocycles. The van der Waals surface area contributed by atoms with Gasteiger partial charge in [-0.15, -0.1) is 11.8 Å². The fourth-order valence-corrected chi connectivity index (χ4v) is 11.2. The van der Waals surface area contributed by atoms with Crippen LogP contribution in [0.15, 0.2) is 130 Å². The quantitative estimate of drug-likeness (QED) is 0.0247. The van der Waals surface area contributed by atoms with Crippen LogP contribution in [0.5, 0.6) is 0 Å². The maximum atomic E-state index is 14.4. The number of oxime groups is 1. The average Bonchev–Trinajstić information content (AvgIpc) is 3.61. The van der Waals surface area contributed by atoms with Gasteiger partial charge in [-0.05, 0) is 32.9 Å². The van der Waals surface area contributed by atoms with Crippen molar-refractivity contribution in [3.63, 3.8) is 0 Å². The molecule has 5 N–H and O–H groups in total. The molecule has 3 amide bonds. The Morgan fingerprint density at radius 2 is 1.59 bits per heavy atom. The number of nitrogens with zero attached hydrogens (tertiary/aromatic N) is 4. The van der Waals surface area contributed by atoms with Crippen LogP contribution in [0.1, 0.15) is 48.8 Å². The zero-order chi connectivity index (χ0) is 44.7. The van der Waals surface area contributed by atoms with Crippen LogP contribution in [0.25, 0.3) is 0 Å². The molecule has 5 aromatic rings. The van der Waals surface area contributed by atoms with Crippen LogP contribution in [-0.4, -0.2) is 84.6 Å². The van der Waals surface area contributed by atoms with Crippen LogP contribution in [0.2, 0.25) is 4.34 Å². The minimum absolute atomic E-state index is 0.0470. The van der Waals surface area contributed by atoms with E-state index in [2.05, 4.69) is 25.8 Å². The van der Waals surface area contributed by atoms with Gasteiger partial charge in [0.25, 0.3) is 11.8 Å². The van der Waals surface area contributed by atoms with Gasteiger partial charge < -0.3 is 31.0 Å². The van der Waals surface area contributed by atoms with E-state index in [1.54, 1.807) is 44.8 Å². The summed E-state index contributed by atoms with van der Waals surface area (Å²) < 4.78 is 5.36. The molecular weight excluding hydrogens is 902 g/mol. The zero-order valence-electron chi connectivity index (χ0n) is 34.1. The molecule has 2 atom stereocenters. The third-order valence-electron chi connectivity index (χ3n) is 9.51. The number of rotatable bonds is 16. The van der Waals surface area contributed by atoms with Crippen LogP contribution < -0.4 is 16.4 Å². The summed E-state index contributed by atoms with van der Waals surface area (Å²) in [5, 5.41) is 19.8. The number of nitrogens with two attached hydrogens (primary N) is 1. The molecule has 0 radical (unpaired) electrons. The fourth-order valence-electron chi connectivity index (χ4n) is 6.79. The molecule has 3 aromatic carbocycles. The number of thiazole rings is 1. The predicted octanol–water partition coefficient (Wildman–Crippen LogP) is 7.73. The molecule has 4 heterocycles. The summed E-state index contributed by atoms with van der Waals surface area (Å²) in [5.41, 5.74) is 6.39. The van der Waals surface area contributed by atoms with Crippen LogP contribution in [0.3, 0.4) is 0 Å². The van der Waals surface area contributed by atoms with Gasteiger partial charge >= 0.3 is 12.1 Å². The SMILES string of the molecule is CC(C)(C)OC(=O)NCCSCc1ncccc1SC1=C(C(=O)O)N2C(=O)[C@@H](NC(=O)/C(=N\OC(c3ccccc3)(c3ccccc3)c3ccccc3)c3nc(N)sc3Cl)[C@H]2SC1. The van der Waals surface area contributed by atoms with Crippen LogP contribution in [-0.2, 0) is 35.3 Å². The van der Waals surface area contributed by atoms with Gasteiger partial charge in [-0.2, -0.15) is 11.8 Å². The number of hydrogen-bond donors (Lipinski definition) is 4. The highest BCUT2D eigenvalue weighted by atomic mass is 35.5. The molecule has 14 nitrogen and oxygen atoms in total. The number of nitrogens with one attached hydrogen (secondary N) is 2. The first-order valence-corrected chi connectivity index (χ1v) is 23.7. The summed E-state index contributed by atoms with van der Waals surface area (Å²) in [7, 11) is 0. The van der Waals surface area contributed by atoms with E-state index in [1.807, 2.05) is 97.1 Å². The number of alkyl carbamates (subject to hydrolysis) is 1. The molecule has 1 saturated heterocycles. The van der Waals surface area contributed by atoms with Crippen LogP contribution in [0, 0.1) is 0 Å². The lowest BCUT2D eigenvalue weighted by Gasteiger charge is -2.49. The molecule has 0 bridgehead atoms. The van der Waals surface area contributed by atoms with E-state index in [-0.39, 0.29) is 32.3 Å². The summed E-state index contributed by atoms with van der Waals surface area (Å²) in [6.07, 6.45) is 1.16. The second-order valence-electron chi connectivity index (χ2n) is 15.0. The van der Waals surface area contributed by atoms with Gasteiger partial charge in [-0.1, -0.05) is 131 Å². The van der Waals surface area contributed by atoms with Crippen molar-refractivity contribution in [3.05, 3.63) is 152 Å². The van der Waals surface area contributed by atoms with Gasteiger partial charge in [0.1, 0.15) is 32.7 Å². The molecule has 0 aliphatic carbocycles. The number of β-lactam (4-membered cyclic amide) rings is 1. The lowest BCUT2D eigenvalue weighted by atomic mass is 9.80. The molecule has 0 spiro atoms. The van der Waals surface area contributed by atoms with E-state index < -0.39 is 46.5 Å². The number of aliphatic carboxylic acids is 1. The molecule has 7 rings (SSSR count). The van der Waals surface area contributed by atoms with E-state index in [1.165, 1.54) is 28.4 Å². The van der Waals surface area contributed by atoms with Gasteiger partial charge in [-0.3, -0.25) is 19.5 Å². The van der Waals surface area contributed by atoms with Crippen molar-refractivity contribution in [1.29, 1.82) is 0 Å². The summed E-state index contributed by atoms with van der Waals surface area (Å²) >= 11 is 11.6. The number of carbonyl (C=O) groups is 4. The third kappa shape index (κ3) is 10.3. The Morgan fingerprint density at radius 1 is 0.968 bits per heavy atom. The first kappa shape index (κ1) is 45.5. The Hall–Kier alpha value is -5.53. The van der Waals surface area contributed by atoms with Crippen molar-refractivity contribution in [2.45, 2.75) is 54.0 Å². The number of fused-ring (bicyclic) bond motifs is 1. The van der Waals surface area contributed by atoms with Crippen molar-refractivity contribution in [2.75, 3.05) is 23.8 Å². The monoisotopic (exact) mass is 943 g/mol. The number of pyridine rings is 1. The Bertz CT molecular complexity index is 2440. The van der Waals surface area contributed by atoms with Gasteiger partial charge in [0.15, 0.2) is 10.8 Å². The number of hydrogen-bond acceptors (Lipinski definition) is 14. The van der Waals surface area contributed by atoms with Crippen molar-refractivity contribution in [1.82, 2.24) is 25.5 Å². The van der Waals surface area contributed by atoms with E-state index in [4.69, 9.17) is 26.9 Å². The number of amides is 3. The molecule has 2 aliphatic rings. The summed E-state index contributed by atoms with van der Waals surface area (Å²) in [6.45, 7) is 5.77. The molecule has 0 saturated carbocycles. The number of anilines is 1. The van der Waals surface area contributed by atoms with Gasteiger partial charge in [0.2, 0.25) is 5.60 Å². The normalized spacial score (nSPS) is 16.5. The Morgan fingerprint density at radius 3 is 2.14 bits per heavy atom. The average molecular weight is 945 g/mol. The van der Waals surface area contributed by atoms with Crippen molar-refractivity contribution >= 4 is 92.9 Å². The lowest BCUT2D eigenvalue weighted by Crippen LogP contribution is -2.71. The summed E-state index contributed by atoms with van der Waals surface area (Å²) in [4.78, 5) is 71.1. The second kappa shape index (κ2) is 19.9. The number of thioether (sulfide) groups is 3. The molecular formula is C44H42ClN7O7S4. The number of nitrogen functional groups attached to an aromatic ring is 1. The van der Waals surface area contributed by atoms with Crippen LogP contribution >= 0.6 is 58.2 Å². The molecule has 19 heteroatoms. The minimum Gasteiger partial charge on any atom is -0.477 e. The summed E-state index contributed by atoms with van der Waals surface area (Å²) in [5.74, 6) is -1.42. The predicted molar refractivity (Wildman–Crippen MR) is 249 cm³/mol. The Balaban J connectivity index is 1.12. The Labute approximate surface area is 385 Å². The fraction of sp³-hybridized carbons (Fsp3) is 0.250. The van der Waals surface area contributed by atoms with Crippen molar-refractivity contribution in [3.8, 4) is 0 Å². The molecule has 326 valence electrons. The van der Waals surface area contributed by atoms with E-state index in [0.29, 0.717) is 39.6 Å². The summed E-state index contributed by atoms with van der Waals surface area (Å²) in [6, 6.07) is 30.8. The Kier molecular flexibility index (Phi) is 14.4. The minimum atomic E-state index is -1.37. The van der Waals surface area contributed by atoms with Gasteiger partial charge in [-0.25, -0.2) is 14.6 Å². The highest BCUT2D eigenvalue weighted by Gasteiger charge is 2.55. The first-order valence-electron chi connectivity index (χ1n) is 19.5. The standard InChI is InChI=1S/C44H42ClN7O7S4/c1-43(2,3)58-42(57)48-22-23-60-24-29-30(20-13-21-47-29)62-31-25-61-39-34(38(54)52(39)35(31)40(55)56)49-37(53)33(32-36(45)63-41(46)50-32)51-59-44(26-14-7-4-8-15-26,27-16-9-5-10-17-27)28-18-11-6-12-19-28/h4-21,34,39H,22-25H2,1-3H3,(H2,46,50)(H,48,57)(H,49,53)(H,55,56)/b51-33-/t34-,39-/m1/s1. The number of carboxylic acid groups (broad SMARTS) is 1. The highest BCUT2D eigenvalue weighted by Crippen LogP contribution is 2.46. The molecule has 63 heavy (non-hydrogen) atoms. The van der Waals surface area contributed by atoms with E-state index in [9.17, 15) is 24.3 Å². The molecule has 0 unspecified atom stereocenters. The number of carbonyl (C=O) groups excluding carboxylic acids is 3. The second-order valence-corrected chi connectivity index (χ2v) is 19.9. The van der Waals surface area contributed by atoms with Crippen molar-refractivity contribution in [2.24, 2.45) is 5.16 Å².